The van der Waals surface area contributed by atoms with Gasteiger partial charge in [-0.3, -0.25) is 9.59 Å². The molecule has 0 aromatic heterocycles. The van der Waals surface area contributed by atoms with E-state index in [1.54, 1.807) is 6.08 Å². The second-order valence-electron chi connectivity index (χ2n) is 6.02. The van der Waals surface area contributed by atoms with Crippen molar-refractivity contribution in [2.24, 2.45) is 16.8 Å². The van der Waals surface area contributed by atoms with Crippen molar-refractivity contribution >= 4 is 17.5 Å². The van der Waals surface area contributed by atoms with Gasteiger partial charge in [0.25, 0.3) is 0 Å². The third kappa shape index (κ3) is 3.04. The van der Waals surface area contributed by atoms with Crippen molar-refractivity contribution in [3.8, 4) is 0 Å². The van der Waals surface area contributed by atoms with Crippen LogP contribution < -0.4 is 5.32 Å². The maximum atomic E-state index is 12.2. The zero-order valence-corrected chi connectivity index (χ0v) is 12.3. The summed E-state index contributed by atoms with van der Waals surface area (Å²) in [4.78, 5) is 28.0. The number of hydrogen-bond donors (Lipinski definition) is 1. The molecule has 2 amide bonds. The minimum Gasteiger partial charge on any atom is -0.325 e. The van der Waals surface area contributed by atoms with E-state index in [1.165, 1.54) is 6.42 Å². The van der Waals surface area contributed by atoms with E-state index in [4.69, 9.17) is 0 Å². The Hall–Kier alpha value is -1.97. The fourth-order valence-corrected chi connectivity index (χ4v) is 3.22. The molecule has 3 rings (SSSR count). The number of aliphatic imine (C=N–C) groups is 1. The Bertz CT molecular complexity index is 590. The molecule has 1 N–H and O–H groups in total. The quantitative estimate of drug-likeness (QED) is 0.804. The van der Waals surface area contributed by atoms with Gasteiger partial charge in [0.15, 0.2) is 0 Å². The number of carbonyl (C=O) groups is 2. The fraction of sp³-hybridized carbons (Fsp3) is 0.471. The van der Waals surface area contributed by atoms with Gasteiger partial charge >= 0.3 is 0 Å². The third-order valence-corrected chi connectivity index (χ3v) is 4.41. The number of amides is 2. The van der Waals surface area contributed by atoms with Crippen LogP contribution in [-0.4, -0.2) is 17.5 Å². The highest BCUT2D eigenvalue weighted by atomic mass is 16.2. The van der Waals surface area contributed by atoms with Gasteiger partial charge in [-0.05, 0) is 31.9 Å². The maximum absolute atomic E-state index is 12.2. The predicted octanol–water partition coefficient (Wildman–Crippen LogP) is 2.68. The van der Waals surface area contributed by atoms with Crippen LogP contribution in [0.15, 0.2) is 40.6 Å². The summed E-state index contributed by atoms with van der Waals surface area (Å²) in [5.74, 6) is 0.0621. The van der Waals surface area contributed by atoms with Gasteiger partial charge in [-0.25, -0.2) is 4.99 Å². The Labute approximate surface area is 124 Å². The third-order valence-electron chi connectivity index (χ3n) is 4.41. The molecular weight excluding hydrogens is 264 g/mol. The zero-order chi connectivity index (χ0) is 14.8. The SMILES string of the molecule is CC1=CC(=O)NC2=CC(=NC(=O)C3CCCCC3)C=CC12. The lowest BCUT2D eigenvalue weighted by atomic mass is 9.88. The second-order valence-corrected chi connectivity index (χ2v) is 6.02. The number of nitrogens with zero attached hydrogens (tertiary/aromatic N) is 1. The van der Waals surface area contributed by atoms with Crippen LogP contribution in [0.1, 0.15) is 39.0 Å². The summed E-state index contributed by atoms with van der Waals surface area (Å²) >= 11 is 0. The first-order valence-electron chi connectivity index (χ1n) is 7.65. The van der Waals surface area contributed by atoms with Crippen LogP contribution in [0.4, 0.5) is 0 Å². The molecule has 3 aliphatic rings. The van der Waals surface area contributed by atoms with E-state index >= 15 is 0 Å². The highest BCUT2D eigenvalue weighted by Gasteiger charge is 2.25. The summed E-state index contributed by atoms with van der Waals surface area (Å²) in [7, 11) is 0. The predicted molar refractivity (Wildman–Crippen MR) is 81.6 cm³/mol. The lowest BCUT2D eigenvalue weighted by molar-refractivity contribution is -0.122. The van der Waals surface area contributed by atoms with Crippen LogP contribution in [0.2, 0.25) is 0 Å². The molecule has 1 heterocycles. The van der Waals surface area contributed by atoms with Gasteiger partial charge in [-0.2, -0.15) is 0 Å². The summed E-state index contributed by atoms with van der Waals surface area (Å²) in [6, 6.07) is 0. The highest BCUT2D eigenvalue weighted by molar-refractivity contribution is 6.11. The van der Waals surface area contributed by atoms with Crippen molar-refractivity contribution in [1.82, 2.24) is 5.32 Å². The summed E-state index contributed by atoms with van der Waals surface area (Å²) in [5, 5.41) is 2.83. The van der Waals surface area contributed by atoms with Crippen LogP contribution >= 0.6 is 0 Å². The molecule has 0 aromatic rings. The molecule has 1 atom stereocenters. The van der Waals surface area contributed by atoms with Gasteiger partial charge < -0.3 is 5.32 Å². The Morgan fingerprint density at radius 2 is 2.00 bits per heavy atom. The van der Waals surface area contributed by atoms with E-state index in [0.29, 0.717) is 5.71 Å². The molecule has 110 valence electrons. The Balaban J connectivity index is 1.77. The van der Waals surface area contributed by atoms with Crippen LogP contribution in [-0.2, 0) is 9.59 Å². The van der Waals surface area contributed by atoms with E-state index in [0.717, 1.165) is 37.0 Å². The fourth-order valence-electron chi connectivity index (χ4n) is 3.22. The molecule has 0 bridgehead atoms. The molecule has 21 heavy (non-hydrogen) atoms. The lowest BCUT2D eigenvalue weighted by Gasteiger charge is -2.25. The highest BCUT2D eigenvalue weighted by Crippen LogP contribution is 2.28. The van der Waals surface area contributed by atoms with Crippen molar-refractivity contribution in [2.45, 2.75) is 39.0 Å². The lowest BCUT2D eigenvalue weighted by Crippen LogP contribution is -2.32. The van der Waals surface area contributed by atoms with Gasteiger partial charge in [0.2, 0.25) is 11.8 Å². The second kappa shape index (κ2) is 5.80. The van der Waals surface area contributed by atoms with Gasteiger partial charge in [0.1, 0.15) is 0 Å². The minimum atomic E-state index is -0.108. The molecule has 2 aliphatic carbocycles. The standard InChI is InChI=1S/C17H20N2O2/c1-11-9-16(20)19-15-10-13(7-8-14(11)15)18-17(21)12-5-3-2-4-6-12/h7-10,12,14H,2-6H2,1H3,(H,19,20). The summed E-state index contributed by atoms with van der Waals surface area (Å²) in [6.07, 6.45) is 12.7. The largest absolute Gasteiger partial charge is 0.325 e. The van der Waals surface area contributed by atoms with E-state index in [2.05, 4.69) is 10.3 Å². The molecule has 1 unspecified atom stereocenters. The molecule has 1 fully saturated rings. The molecule has 0 aromatic carbocycles. The molecule has 1 saturated carbocycles. The van der Waals surface area contributed by atoms with Crippen LogP contribution in [0, 0.1) is 11.8 Å². The molecule has 1 aliphatic heterocycles. The Morgan fingerprint density at radius 3 is 2.76 bits per heavy atom. The molecular formula is C17H20N2O2. The van der Waals surface area contributed by atoms with Gasteiger partial charge in [0, 0.05) is 23.6 Å². The van der Waals surface area contributed by atoms with Crippen molar-refractivity contribution in [3.63, 3.8) is 0 Å². The topological polar surface area (TPSA) is 58.5 Å². The zero-order valence-electron chi connectivity index (χ0n) is 12.3. The molecule has 4 heteroatoms. The summed E-state index contributed by atoms with van der Waals surface area (Å²) in [5.41, 5.74) is 2.48. The molecule has 0 radical (unpaired) electrons. The van der Waals surface area contributed by atoms with Crippen molar-refractivity contribution in [3.05, 3.63) is 35.6 Å². The number of rotatable bonds is 1. The number of fused-ring (bicyclic) bond motifs is 1. The average molecular weight is 284 g/mol. The molecule has 0 spiro atoms. The van der Waals surface area contributed by atoms with Crippen molar-refractivity contribution in [2.75, 3.05) is 0 Å². The number of carbonyl (C=O) groups excluding carboxylic acids is 2. The maximum Gasteiger partial charge on any atom is 0.249 e. The number of nitrogens with one attached hydrogen (secondary N) is 1. The first kappa shape index (κ1) is 14.0. The van der Waals surface area contributed by atoms with Crippen LogP contribution in [0.25, 0.3) is 0 Å². The first-order valence-corrected chi connectivity index (χ1v) is 7.65. The van der Waals surface area contributed by atoms with E-state index in [1.807, 2.05) is 25.2 Å². The van der Waals surface area contributed by atoms with Crippen molar-refractivity contribution in [1.29, 1.82) is 0 Å². The number of allylic oxidation sites excluding steroid dienone is 3. The normalized spacial score (nSPS) is 27.8. The van der Waals surface area contributed by atoms with Crippen LogP contribution in [0.3, 0.4) is 0 Å². The van der Waals surface area contributed by atoms with Gasteiger partial charge in [-0.15, -0.1) is 0 Å². The molecule has 0 saturated heterocycles. The van der Waals surface area contributed by atoms with Gasteiger partial charge in [0.05, 0.1) is 5.71 Å². The van der Waals surface area contributed by atoms with Crippen molar-refractivity contribution < 1.29 is 9.59 Å². The van der Waals surface area contributed by atoms with E-state index in [9.17, 15) is 9.59 Å². The minimum absolute atomic E-state index is 0.0148. The Kier molecular flexibility index (Phi) is 3.86. The van der Waals surface area contributed by atoms with E-state index in [-0.39, 0.29) is 23.7 Å². The first-order chi connectivity index (χ1) is 10.1. The summed E-state index contributed by atoms with van der Waals surface area (Å²) in [6.45, 7) is 1.94. The average Bonchev–Trinajstić information content (AvgIpc) is 2.47. The van der Waals surface area contributed by atoms with E-state index < -0.39 is 0 Å². The van der Waals surface area contributed by atoms with Gasteiger partial charge in [-0.1, -0.05) is 30.9 Å². The summed E-state index contributed by atoms with van der Waals surface area (Å²) < 4.78 is 0. The monoisotopic (exact) mass is 284 g/mol. The van der Waals surface area contributed by atoms with Crippen LogP contribution in [0.5, 0.6) is 0 Å². The molecule has 4 nitrogen and oxygen atoms in total. The Morgan fingerprint density at radius 1 is 1.24 bits per heavy atom. The smallest absolute Gasteiger partial charge is 0.249 e. The number of hydrogen-bond acceptors (Lipinski definition) is 2.